The fourth-order valence-corrected chi connectivity index (χ4v) is 2.02. The van der Waals surface area contributed by atoms with Crippen molar-refractivity contribution in [1.29, 1.82) is 5.26 Å². The number of hydrogen-bond acceptors (Lipinski definition) is 7. The van der Waals surface area contributed by atoms with Crippen LogP contribution < -0.4 is 4.74 Å². The first-order valence-electron chi connectivity index (χ1n) is 4.46. The quantitative estimate of drug-likeness (QED) is 0.633. The molecule has 0 fully saturated rings. The second-order valence-corrected chi connectivity index (χ2v) is 4.03. The molecule has 2 aromatic rings. The number of rotatable bonds is 3. The van der Waals surface area contributed by atoms with Gasteiger partial charge in [-0.3, -0.25) is 0 Å². The number of nitriles is 1. The third-order valence-electron chi connectivity index (χ3n) is 1.86. The van der Waals surface area contributed by atoms with E-state index in [1.807, 2.05) is 6.07 Å². The molecule has 0 spiro atoms. The summed E-state index contributed by atoms with van der Waals surface area (Å²) < 4.78 is 8.99. The Labute approximate surface area is 110 Å². The second-order valence-electron chi connectivity index (χ2n) is 2.93. The Kier molecular flexibility index (Phi) is 3.36. The van der Waals surface area contributed by atoms with Gasteiger partial charge in [-0.05, 0) is 22.0 Å². The average Bonchev–Trinajstić information content (AvgIpc) is 2.70. The van der Waals surface area contributed by atoms with Crippen LogP contribution in [0.3, 0.4) is 0 Å². The van der Waals surface area contributed by atoms with Crippen molar-refractivity contribution in [1.82, 2.24) is 9.36 Å². The van der Waals surface area contributed by atoms with E-state index in [4.69, 9.17) is 21.6 Å². The molecule has 18 heavy (non-hydrogen) atoms. The minimum atomic E-state index is -0.677. The highest BCUT2D eigenvalue weighted by atomic mass is 35.5. The normalized spacial score (nSPS) is 9.78. The van der Waals surface area contributed by atoms with E-state index in [1.54, 1.807) is 0 Å². The summed E-state index contributed by atoms with van der Waals surface area (Å²) >= 11 is 6.50. The van der Waals surface area contributed by atoms with E-state index in [-0.39, 0.29) is 21.5 Å². The maximum absolute atomic E-state index is 10.7. The summed E-state index contributed by atoms with van der Waals surface area (Å²) in [5.74, 6) is -0.509. The molecule has 0 amide bonds. The minimum Gasteiger partial charge on any atom is -0.435 e. The van der Waals surface area contributed by atoms with Gasteiger partial charge in [0.15, 0.2) is 5.15 Å². The number of halogens is 1. The van der Waals surface area contributed by atoms with Gasteiger partial charge >= 0.3 is 5.82 Å². The largest absolute Gasteiger partial charge is 0.435 e. The lowest BCUT2D eigenvalue weighted by Crippen LogP contribution is -1.95. The molecule has 2 heterocycles. The summed E-state index contributed by atoms with van der Waals surface area (Å²) in [6.45, 7) is 0. The lowest BCUT2D eigenvalue weighted by Gasteiger charge is -2.02. The van der Waals surface area contributed by atoms with Crippen LogP contribution in [0.1, 0.15) is 5.56 Å². The Balaban J connectivity index is 2.41. The molecule has 0 saturated carbocycles. The van der Waals surface area contributed by atoms with Crippen molar-refractivity contribution in [2.45, 2.75) is 0 Å². The van der Waals surface area contributed by atoms with Gasteiger partial charge in [0.1, 0.15) is 17.8 Å². The van der Waals surface area contributed by atoms with Crippen LogP contribution in [0.25, 0.3) is 0 Å². The highest BCUT2D eigenvalue weighted by molar-refractivity contribution is 7.08. The van der Waals surface area contributed by atoms with Crippen molar-refractivity contribution in [3.05, 3.63) is 39.2 Å². The van der Waals surface area contributed by atoms with Gasteiger partial charge in [-0.2, -0.15) is 9.64 Å². The van der Waals surface area contributed by atoms with Crippen LogP contribution in [0.5, 0.6) is 10.8 Å². The Morgan fingerprint density at radius 2 is 2.39 bits per heavy atom. The molecule has 9 heteroatoms. The van der Waals surface area contributed by atoms with E-state index in [0.29, 0.717) is 0 Å². The Hall–Kier alpha value is -2.24. The monoisotopic (exact) mass is 282 g/mol. The molecule has 7 nitrogen and oxygen atoms in total. The molecule has 90 valence electrons. The van der Waals surface area contributed by atoms with Gasteiger partial charge in [-0.15, -0.1) is 0 Å². The standard InChI is InChI=1S/C9H3ClN4O3S/c10-7-5(4-11)9(18-13-7)17-6-2-1-3-12-8(6)14(15)16/h1-3H. The zero-order valence-electron chi connectivity index (χ0n) is 8.53. The summed E-state index contributed by atoms with van der Waals surface area (Å²) in [4.78, 5) is 13.6. The van der Waals surface area contributed by atoms with E-state index < -0.39 is 10.7 Å². The Morgan fingerprint density at radius 3 is 3.06 bits per heavy atom. The molecule has 0 atom stereocenters. The number of ether oxygens (including phenoxy) is 1. The van der Waals surface area contributed by atoms with Gasteiger partial charge in [-0.1, -0.05) is 11.6 Å². The van der Waals surface area contributed by atoms with E-state index in [1.165, 1.54) is 18.3 Å². The number of pyridine rings is 1. The van der Waals surface area contributed by atoms with Gasteiger partial charge in [0.2, 0.25) is 10.8 Å². The third-order valence-corrected chi connectivity index (χ3v) is 2.96. The molecule has 0 radical (unpaired) electrons. The molecular weight excluding hydrogens is 280 g/mol. The van der Waals surface area contributed by atoms with E-state index in [9.17, 15) is 10.1 Å². The molecular formula is C9H3ClN4O3S. The van der Waals surface area contributed by atoms with E-state index >= 15 is 0 Å². The van der Waals surface area contributed by atoms with E-state index in [0.717, 1.165) is 11.5 Å². The van der Waals surface area contributed by atoms with Crippen molar-refractivity contribution in [2.24, 2.45) is 0 Å². The summed E-state index contributed by atoms with van der Waals surface area (Å²) in [7, 11) is 0. The van der Waals surface area contributed by atoms with Crippen LogP contribution >= 0.6 is 23.1 Å². The molecule has 2 aromatic heterocycles. The summed E-state index contributed by atoms with van der Waals surface area (Å²) in [6, 6.07) is 4.67. The van der Waals surface area contributed by atoms with Crippen LogP contribution in [-0.4, -0.2) is 14.3 Å². The fraction of sp³-hybridized carbons (Fsp3) is 0. The maximum Gasteiger partial charge on any atom is 0.406 e. The fourth-order valence-electron chi connectivity index (χ4n) is 1.12. The molecule has 0 aliphatic heterocycles. The first kappa shape index (κ1) is 12.2. The topological polar surface area (TPSA) is 102 Å². The van der Waals surface area contributed by atoms with Crippen LogP contribution in [0, 0.1) is 21.4 Å². The minimum absolute atomic E-state index is 0.00374. The lowest BCUT2D eigenvalue weighted by molar-refractivity contribution is -0.390. The zero-order valence-corrected chi connectivity index (χ0v) is 10.1. The molecule has 0 saturated heterocycles. The van der Waals surface area contributed by atoms with Crippen LogP contribution in [0.2, 0.25) is 5.15 Å². The van der Waals surface area contributed by atoms with Gasteiger partial charge in [0, 0.05) is 11.5 Å². The SMILES string of the molecule is N#Cc1c(Cl)nsc1Oc1cccnc1[N+](=O)[O-]. The van der Waals surface area contributed by atoms with Crippen molar-refractivity contribution in [3.63, 3.8) is 0 Å². The number of nitro groups is 1. The third kappa shape index (κ3) is 2.22. The highest BCUT2D eigenvalue weighted by Gasteiger charge is 2.20. The van der Waals surface area contributed by atoms with Crippen molar-refractivity contribution in [2.75, 3.05) is 0 Å². The number of aromatic nitrogens is 2. The first-order chi connectivity index (χ1) is 8.63. The molecule has 0 unspecified atom stereocenters. The van der Waals surface area contributed by atoms with Crippen LogP contribution in [-0.2, 0) is 0 Å². The second kappa shape index (κ2) is 4.95. The molecule has 0 bridgehead atoms. The summed E-state index contributed by atoms with van der Waals surface area (Å²) in [5, 5.41) is 19.7. The van der Waals surface area contributed by atoms with Crippen molar-refractivity contribution in [3.8, 4) is 16.9 Å². The molecule has 2 rings (SSSR count). The highest BCUT2D eigenvalue weighted by Crippen LogP contribution is 2.36. The van der Waals surface area contributed by atoms with Crippen molar-refractivity contribution < 1.29 is 9.66 Å². The van der Waals surface area contributed by atoms with Gasteiger partial charge in [0.05, 0.1) is 0 Å². The Bertz CT molecular complexity index is 652. The van der Waals surface area contributed by atoms with Gasteiger partial charge in [0.25, 0.3) is 0 Å². The zero-order chi connectivity index (χ0) is 13.1. The van der Waals surface area contributed by atoms with Crippen LogP contribution in [0.15, 0.2) is 18.3 Å². The summed E-state index contributed by atoms with van der Waals surface area (Å²) in [6.07, 6.45) is 1.27. The number of nitrogens with zero attached hydrogens (tertiary/aromatic N) is 4. The maximum atomic E-state index is 10.7. The predicted octanol–water partition coefficient (Wildman–Crippen LogP) is 2.76. The predicted molar refractivity (Wildman–Crippen MR) is 62.8 cm³/mol. The Morgan fingerprint density at radius 1 is 1.61 bits per heavy atom. The van der Waals surface area contributed by atoms with Gasteiger partial charge < -0.3 is 14.9 Å². The smallest absolute Gasteiger partial charge is 0.406 e. The molecule has 0 aromatic carbocycles. The molecule has 0 N–H and O–H groups in total. The first-order valence-corrected chi connectivity index (χ1v) is 5.61. The summed E-state index contributed by atoms with van der Waals surface area (Å²) in [5.41, 5.74) is 0.0415. The van der Waals surface area contributed by atoms with Crippen LogP contribution in [0.4, 0.5) is 5.82 Å². The lowest BCUT2D eigenvalue weighted by atomic mass is 10.4. The van der Waals surface area contributed by atoms with E-state index in [2.05, 4.69) is 9.36 Å². The number of hydrogen-bond donors (Lipinski definition) is 0. The molecule has 0 aliphatic rings. The average molecular weight is 283 g/mol. The molecule has 0 aliphatic carbocycles. The van der Waals surface area contributed by atoms with Crippen molar-refractivity contribution >= 4 is 29.0 Å². The van der Waals surface area contributed by atoms with Gasteiger partial charge in [-0.25, -0.2) is 0 Å².